The molecule has 0 aliphatic carbocycles. The number of hydrogen-bond donors (Lipinski definition) is 0. The van der Waals surface area contributed by atoms with Gasteiger partial charge in [-0.15, -0.1) is 5.10 Å². The predicted octanol–water partition coefficient (Wildman–Crippen LogP) is 3.61. The van der Waals surface area contributed by atoms with Crippen LogP contribution in [0, 0.1) is 15.9 Å². The average molecular weight is 396 g/mol. The summed E-state index contributed by atoms with van der Waals surface area (Å²) in [6.07, 6.45) is 1.42. The molecule has 0 amide bonds. The van der Waals surface area contributed by atoms with E-state index in [9.17, 15) is 14.5 Å². The zero-order chi connectivity index (χ0) is 19.5. The summed E-state index contributed by atoms with van der Waals surface area (Å²) in [5.74, 6) is 0.248. The third-order valence-corrected chi connectivity index (χ3v) is 5.12. The number of halogens is 1. The lowest BCUT2D eigenvalue weighted by atomic mass is 10.2. The zero-order valence-corrected chi connectivity index (χ0v) is 15.2. The van der Waals surface area contributed by atoms with Crippen molar-refractivity contribution in [2.75, 3.05) is 0 Å². The Kier molecular flexibility index (Phi) is 4.94. The van der Waals surface area contributed by atoms with E-state index < -0.39 is 4.92 Å². The van der Waals surface area contributed by atoms with E-state index in [1.165, 1.54) is 41.0 Å². The van der Waals surface area contributed by atoms with E-state index in [4.69, 9.17) is 0 Å². The highest BCUT2D eigenvalue weighted by molar-refractivity contribution is 7.98. The van der Waals surface area contributed by atoms with Gasteiger partial charge in [0.2, 0.25) is 0 Å². The molecule has 4 aromatic rings. The number of thioether (sulfide) groups is 1. The fourth-order valence-electron chi connectivity index (χ4n) is 2.64. The summed E-state index contributed by atoms with van der Waals surface area (Å²) in [5.41, 5.74) is 2.51. The van der Waals surface area contributed by atoms with Crippen molar-refractivity contribution in [3.63, 3.8) is 0 Å². The van der Waals surface area contributed by atoms with Crippen LogP contribution in [0.25, 0.3) is 11.2 Å². The molecule has 0 aliphatic heterocycles. The van der Waals surface area contributed by atoms with Gasteiger partial charge < -0.3 is 0 Å². The molecule has 2 heterocycles. The summed E-state index contributed by atoms with van der Waals surface area (Å²) >= 11 is 1.43. The Labute approximate surface area is 162 Å². The predicted molar refractivity (Wildman–Crippen MR) is 101 cm³/mol. The number of nitrogens with zero attached hydrogens (tertiary/aromatic N) is 6. The van der Waals surface area contributed by atoms with Gasteiger partial charge in [0, 0.05) is 23.4 Å². The van der Waals surface area contributed by atoms with E-state index in [0.717, 1.165) is 5.56 Å². The molecule has 0 bridgehead atoms. The van der Waals surface area contributed by atoms with Crippen LogP contribution >= 0.6 is 11.8 Å². The Morgan fingerprint density at radius 2 is 1.89 bits per heavy atom. The fraction of sp³-hybridized carbons (Fsp3) is 0.111. The van der Waals surface area contributed by atoms with Crippen LogP contribution < -0.4 is 0 Å². The highest BCUT2D eigenvalue weighted by atomic mass is 32.2. The van der Waals surface area contributed by atoms with Crippen molar-refractivity contribution in [2.24, 2.45) is 0 Å². The van der Waals surface area contributed by atoms with Crippen LogP contribution in [-0.4, -0.2) is 29.9 Å². The smallest absolute Gasteiger partial charge is 0.258 e. The van der Waals surface area contributed by atoms with E-state index in [1.807, 2.05) is 0 Å². The Bertz CT molecular complexity index is 1150. The molecule has 0 atom stereocenters. The molecule has 0 unspecified atom stereocenters. The van der Waals surface area contributed by atoms with Crippen molar-refractivity contribution in [3.05, 3.63) is 81.9 Å². The topological polar surface area (TPSA) is 99.6 Å². The van der Waals surface area contributed by atoms with Gasteiger partial charge >= 0.3 is 0 Å². The summed E-state index contributed by atoms with van der Waals surface area (Å²) in [5, 5.41) is 19.6. The van der Waals surface area contributed by atoms with Gasteiger partial charge in [0.25, 0.3) is 5.69 Å². The van der Waals surface area contributed by atoms with E-state index >= 15 is 0 Å². The Morgan fingerprint density at radius 1 is 1.11 bits per heavy atom. The zero-order valence-electron chi connectivity index (χ0n) is 14.4. The summed E-state index contributed by atoms with van der Waals surface area (Å²) in [6, 6.07) is 12.8. The van der Waals surface area contributed by atoms with Crippen LogP contribution in [0.2, 0.25) is 0 Å². The summed E-state index contributed by atoms with van der Waals surface area (Å²) < 4.78 is 15.4. The Hall–Kier alpha value is -3.40. The first kappa shape index (κ1) is 18.0. The largest absolute Gasteiger partial charge is 0.269 e. The molecule has 0 saturated carbocycles. The van der Waals surface area contributed by atoms with Crippen LogP contribution in [-0.2, 0) is 12.3 Å². The van der Waals surface area contributed by atoms with Crippen molar-refractivity contribution in [2.45, 2.75) is 17.3 Å². The second kappa shape index (κ2) is 7.69. The number of hydrogen-bond acceptors (Lipinski definition) is 7. The molecule has 140 valence electrons. The van der Waals surface area contributed by atoms with Gasteiger partial charge in [-0.2, -0.15) is 0 Å². The van der Waals surface area contributed by atoms with Crippen molar-refractivity contribution >= 4 is 28.6 Å². The van der Waals surface area contributed by atoms with Crippen molar-refractivity contribution in [1.29, 1.82) is 0 Å². The Morgan fingerprint density at radius 3 is 2.64 bits per heavy atom. The number of nitro groups is 1. The molecule has 4 rings (SSSR count). The minimum absolute atomic E-state index is 0.0502. The van der Waals surface area contributed by atoms with E-state index in [0.29, 0.717) is 27.5 Å². The molecule has 0 saturated heterocycles. The average Bonchev–Trinajstić information content (AvgIpc) is 3.12. The first-order valence-corrected chi connectivity index (χ1v) is 9.24. The molecule has 0 fully saturated rings. The molecule has 8 nitrogen and oxygen atoms in total. The number of fused-ring (bicyclic) bond motifs is 1. The lowest BCUT2D eigenvalue weighted by Crippen LogP contribution is -2.04. The van der Waals surface area contributed by atoms with Gasteiger partial charge in [-0.3, -0.25) is 10.1 Å². The SMILES string of the molecule is O=[N+]([O-])c1ccc(CSc2ncnc3c2nnn3Cc2ccccc2F)cc1. The van der Waals surface area contributed by atoms with Gasteiger partial charge in [0.1, 0.15) is 17.2 Å². The number of aromatic nitrogens is 5. The summed E-state index contributed by atoms with van der Waals surface area (Å²) in [4.78, 5) is 18.8. The highest BCUT2D eigenvalue weighted by Gasteiger charge is 2.14. The quantitative estimate of drug-likeness (QED) is 0.212. The van der Waals surface area contributed by atoms with E-state index in [2.05, 4.69) is 20.3 Å². The molecule has 10 heteroatoms. The van der Waals surface area contributed by atoms with Gasteiger partial charge in [-0.05, 0) is 11.6 Å². The van der Waals surface area contributed by atoms with Crippen LogP contribution in [0.1, 0.15) is 11.1 Å². The second-order valence-electron chi connectivity index (χ2n) is 5.90. The maximum Gasteiger partial charge on any atom is 0.269 e. The van der Waals surface area contributed by atoms with Gasteiger partial charge in [-0.1, -0.05) is 47.3 Å². The normalized spacial score (nSPS) is 11.0. The van der Waals surface area contributed by atoms with Crippen LogP contribution in [0.3, 0.4) is 0 Å². The first-order chi connectivity index (χ1) is 13.6. The van der Waals surface area contributed by atoms with Crippen molar-refractivity contribution < 1.29 is 9.31 Å². The van der Waals surface area contributed by atoms with Gasteiger partial charge in [0.15, 0.2) is 11.2 Å². The van der Waals surface area contributed by atoms with Crippen molar-refractivity contribution in [3.8, 4) is 0 Å². The van der Waals surface area contributed by atoms with Crippen molar-refractivity contribution in [1.82, 2.24) is 25.0 Å². The van der Waals surface area contributed by atoms with Gasteiger partial charge in [-0.25, -0.2) is 19.0 Å². The standard InChI is InChI=1S/C18H13FN6O2S/c19-15-4-2-1-3-13(15)9-24-17-16(22-23-24)18(21-11-20-17)28-10-12-5-7-14(8-6-12)25(26)27/h1-8,11H,9-10H2. The number of nitro benzene ring substituents is 1. The third kappa shape index (κ3) is 3.67. The van der Waals surface area contributed by atoms with Crippen LogP contribution in [0.5, 0.6) is 0 Å². The molecular formula is C18H13FN6O2S. The fourth-order valence-corrected chi connectivity index (χ4v) is 3.52. The summed E-state index contributed by atoms with van der Waals surface area (Å²) in [6.45, 7) is 0.215. The Balaban J connectivity index is 1.55. The molecule has 0 spiro atoms. The number of benzene rings is 2. The number of non-ortho nitro benzene ring substituents is 1. The second-order valence-corrected chi connectivity index (χ2v) is 6.87. The lowest BCUT2D eigenvalue weighted by Gasteiger charge is -2.04. The highest BCUT2D eigenvalue weighted by Crippen LogP contribution is 2.27. The number of rotatable bonds is 6. The van der Waals surface area contributed by atoms with E-state index in [-0.39, 0.29) is 18.0 Å². The molecule has 0 radical (unpaired) electrons. The molecule has 0 aliphatic rings. The van der Waals surface area contributed by atoms with Gasteiger partial charge in [0.05, 0.1) is 11.5 Å². The third-order valence-electron chi connectivity index (χ3n) is 4.07. The molecular weight excluding hydrogens is 383 g/mol. The maximum absolute atomic E-state index is 13.9. The minimum Gasteiger partial charge on any atom is -0.258 e. The monoisotopic (exact) mass is 396 g/mol. The van der Waals surface area contributed by atoms with E-state index in [1.54, 1.807) is 30.3 Å². The maximum atomic E-state index is 13.9. The van der Waals surface area contributed by atoms with Crippen LogP contribution in [0.4, 0.5) is 10.1 Å². The molecule has 0 N–H and O–H groups in total. The minimum atomic E-state index is -0.432. The van der Waals surface area contributed by atoms with Crippen LogP contribution in [0.15, 0.2) is 59.9 Å². The first-order valence-electron chi connectivity index (χ1n) is 8.25. The molecule has 2 aromatic heterocycles. The summed E-state index contributed by atoms with van der Waals surface area (Å²) in [7, 11) is 0. The lowest BCUT2D eigenvalue weighted by molar-refractivity contribution is -0.384. The molecule has 2 aromatic carbocycles. The molecule has 28 heavy (non-hydrogen) atoms.